The fraction of sp³-hybridized carbons (Fsp3) is 0.0741. The molecule has 0 spiro atoms. The third-order valence-electron chi connectivity index (χ3n) is 5.48. The van der Waals surface area contributed by atoms with Crippen molar-refractivity contribution in [2.45, 2.75) is 6.04 Å². The van der Waals surface area contributed by atoms with E-state index >= 15 is 0 Å². The number of anilines is 1. The molecule has 3 aromatic rings. The Balaban J connectivity index is 1.83. The molecule has 1 amide bonds. The van der Waals surface area contributed by atoms with Crippen molar-refractivity contribution in [2.75, 3.05) is 12.0 Å². The van der Waals surface area contributed by atoms with Gasteiger partial charge in [-0.2, -0.15) is 0 Å². The van der Waals surface area contributed by atoms with Crippen LogP contribution in [0.4, 0.5) is 5.69 Å². The topological polar surface area (TPSA) is 104 Å². The standard InChI is InChI=1S/C27H21NO6/c1-34-21-12-6-9-18(16-21)24-23(22(29)14-13-17-7-3-2-4-8-17)25(30)26(31)28(24)20-11-5-10-19(15-20)27(32)33/h2-16,24,30H,1H3,(H,32,33). The van der Waals surface area contributed by atoms with Gasteiger partial charge in [0.15, 0.2) is 11.5 Å². The number of hydrogen-bond donors (Lipinski definition) is 2. The van der Waals surface area contributed by atoms with Crippen molar-refractivity contribution in [1.29, 1.82) is 0 Å². The molecule has 1 heterocycles. The molecule has 1 atom stereocenters. The van der Waals surface area contributed by atoms with Crippen molar-refractivity contribution in [3.05, 3.63) is 113 Å². The molecule has 34 heavy (non-hydrogen) atoms. The van der Waals surface area contributed by atoms with E-state index in [0.29, 0.717) is 11.3 Å². The molecule has 0 radical (unpaired) electrons. The fourth-order valence-electron chi connectivity index (χ4n) is 3.86. The predicted molar refractivity (Wildman–Crippen MR) is 127 cm³/mol. The van der Waals surface area contributed by atoms with Crippen molar-refractivity contribution in [2.24, 2.45) is 0 Å². The van der Waals surface area contributed by atoms with Crippen molar-refractivity contribution in [3.63, 3.8) is 0 Å². The van der Waals surface area contributed by atoms with Gasteiger partial charge in [0.1, 0.15) is 5.75 Å². The molecule has 0 saturated heterocycles. The number of hydrogen-bond acceptors (Lipinski definition) is 5. The van der Waals surface area contributed by atoms with Crippen molar-refractivity contribution in [3.8, 4) is 5.75 Å². The van der Waals surface area contributed by atoms with Gasteiger partial charge < -0.3 is 14.9 Å². The van der Waals surface area contributed by atoms with Crippen LogP contribution in [0.25, 0.3) is 6.08 Å². The average molecular weight is 455 g/mol. The van der Waals surface area contributed by atoms with Crippen molar-refractivity contribution in [1.82, 2.24) is 0 Å². The summed E-state index contributed by atoms with van der Waals surface area (Å²) >= 11 is 0. The Labute approximate surface area is 195 Å². The molecule has 0 aliphatic carbocycles. The number of nitrogens with zero attached hydrogens (tertiary/aromatic N) is 1. The minimum Gasteiger partial charge on any atom is -0.503 e. The summed E-state index contributed by atoms with van der Waals surface area (Å²) in [5, 5.41) is 20.2. The summed E-state index contributed by atoms with van der Waals surface area (Å²) in [4.78, 5) is 39.2. The van der Waals surface area contributed by atoms with Crippen LogP contribution in [0.15, 0.2) is 96.3 Å². The molecule has 7 nitrogen and oxygen atoms in total. The number of aromatic carboxylic acids is 1. The highest BCUT2D eigenvalue weighted by atomic mass is 16.5. The number of allylic oxidation sites excluding steroid dienone is 1. The van der Waals surface area contributed by atoms with Crippen LogP contribution in [0.2, 0.25) is 0 Å². The number of amides is 1. The molecule has 1 aliphatic heterocycles. The molecule has 1 aliphatic rings. The molecule has 0 fully saturated rings. The third-order valence-corrected chi connectivity index (χ3v) is 5.48. The van der Waals surface area contributed by atoms with Gasteiger partial charge >= 0.3 is 5.97 Å². The fourth-order valence-corrected chi connectivity index (χ4v) is 3.86. The van der Waals surface area contributed by atoms with E-state index in [1.54, 1.807) is 36.4 Å². The van der Waals surface area contributed by atoms with Gasteiger partial charge in [0.05, 0.1) is 24.3 Å². The Hall–Kier alpha value is -4.65. The number of ether oxygens (including phenoxy) is 1. The largest absolute Gasteiger partial charge is 0.503 e. The number of aliphatic hydroxyl groups is 1. The zero-order valence-corrected chi connectivity index (χ0v) is 18.2. The van der Waals surface area contributed by atoms with Crippen LogP contribution in [-0.4, -0.2) is 35.0 Å². The smallest absolute Gasteiger partial charge is 0.335 e. The minimum absolute atomic E-state index is 0.0297. The van der Waals surface area contributed by atoms with E-state index in [2.05, 4.69) is 0 Å². The highest BCUT2D eigenvalue weighted by Crippen LogP contribution is 2.42. The molecule has 2 N–H and O–H groups in total. The molecule has 0 bridgehead atoms. The first-order valence-electron chi connectivity index (χ1n) is 10.4. The van der Waals surface area contributed by atoms with E-state index in [0.717, 1.165) is 5.56 Å². The summed E-state index contributed by atoms with van der Waals surface area (Å²) in [6.07, 6.45) is 2.90. The van der Waals surface area contributed by atoms with E-state index in [4.69, 9.17) is 4.74 Å². The quantitative estimate of drug-likeness (QED) is 0.506. The third kappa shape index (κ3) is 4.31. The lowest BCUT2D eigenvalue weighted by atomic mass is 9.95. The molecular formula is C27H21NO6. The van der Waals surface area contributed by atoms with Crippen LogP contribution < -0.4 is 9.64 Å². The van der Waals surface area contributed by atoms with Crippen LogP contribution in [0.3, 0.4) is 0 Å². The molecule has 0 saturated carbocycles. The monoisotopic (exact) mass is 455 g/mol. The molecule has 1 unspecified atom stereocenters. The maximum atomic E-state index is 13.3. The summed E-state index contributed by atoms with van der Waals surface area (Å²) < 4.78 is 5.30. The molecule has 7 heteroatoms. The van der Waals surface area contributed by atoms with Crippen molar-refractivity contribution < 1.29 is 29.3 Å². The Morgan fingerprint density at radius 1 is 0.971 bits per heavy atom. The van der Waals surface area contributed by atoms with Gasteiger partial charge in [0.2, 0.25) is 0 Å². The lowest BCUT2D eigenvalue weighted by molar-refractivity contribution is -0.117. The number of ketones is 1. The maximum absolute atomic E-state index is 13.3. The van der Waals surface area contributed by atoms with Crippen LogP contribution in [0, 0.1) is 0 Å². The van der Waals surface area contributed by atoms with Crippen molar-refractivity contribution >= 4 is 29.4 Å². The SMILES string of the molecule is COc1cccc(C2C(C(=O)C=Cc3ccccc3)=C(O)C(=O)N2c2cccc(C(=O)O)c2)c1. The van der Waals surface area contributed by atoms with Crippen LogP contribution in [-0.2, 0) is 9.59 Å². The first-order valence-corrected chi connectivity index (χ1v) is 10.4. The van der Waals surface area contributed by atoms with Gasteiger partial charge in [-0.25, -0.2) is 4.79 Å². The zero-order valence-electron chi connectivity index (χ0n) is 18.2. The summed E-state index contributed by atoms with van der Waals surface area (Å²) in [6, 6.07) is 20.7. The van der Waals surface area contributed by atoms with Gasteiger partial charge in [-0.1, -0.05) is 54.6 Å². The van der Waals surface area contributed by atoms with Crippen LogP contribution in [0.5, 0.6) is 5.75 Å². The normalized spacial score (nSPS) is 15.7. The highest BCUT2D eigenvalue weighted by Gasteiger charge is 2.44. The Morgan fingerprint density at radius 2 is 1.71 bits per heavy atom. The summed E-state index contributed by atoms with van der Waals surface area (Å²) in [6.45, 7) is 0. The number of carboxylic acids is 1. The number of carboxylic acid groups (broad SMARTS) is 1. The first-order chi connectivity index (χ1) is 16.4. The van der Waals surface area contributed by atoms with Gasteiger partial charge in [-0.05, 0) is 47.5 Å². The number of rotatable bonds is 7. The lowest BCUT2D eigenvalue weighted by Gasteiger charge is -2.27. The summed E-state index contributed by atoms with van der Waals surface area (Å²) in [5.74, 6) is -2.68. The molecule has 170 valence electrons. The van der Waals surface area contributed by atoms with Crippen LogP contribution >= 0.6 is 0 Å². The summed E-state index contributed by atoms with van der Waals surface area (Å²) in [5.41, 5.74) is 1.40. The van der Waals surface area contributed by atoms with E-state index in [1.165, 1.54) is 36.3 Å². The van der Waals surface area contributed by atoms with E-state index < -0.39 is 29.5 Å². The van der Waals surface area contributed by atoms with Gasteiger partial charge in [-0.15, -0.1) is 0 Å². The average Bonchev–Trinajstić information content (AvgIpc) is 3.13. The van der Waals surface area contributed by atoms with Gasteiger partial charge in [0.25, 0.3) is 5.91 Å². The number of benzene rings is 3. The lowest BCUT2D eigenvalue weighted by Crippen LogP contribution is -2.31. The second-order valence-electron chi connectivity index (χ2n) is 7.58. The maximum Gasteiger partial charge on any atom is 0.335 e. The van der Waals surface area contributed by atoms with Crippen LogP contribution in [0.1, 0.15) is 27.5 Å². The zero-order chi connectivity index (χ0) is 24.2. The second-order valence-corrected chi connectivity index (χ2v) is 7.58. The predicted octanol–water partition coefficient (Wildman–Crippen LogP) is 4.58. The van der Waals surface area contributed by atoms with E-state index in [-0.39, 0.29) is 16.8 Å². The minimum atomic E-state index is -1.16. The Morgan fingerprint density at radius 3 is 2.41 bits per heavy atom. The highest BCUT2D eigenvalue weighted by molar-refractivity contribution is 6.20. The number of carbonyl (C=O) groups is 3. The van der Waals surface area contributed by atoms with Gasteiger partial charge in [0, 0.05) is 5.69 Å². The van der Waals surface area contributed by atoms with E-state index in [1.807, 2.05) is 30.3 Å². The Bertz CT molecular complexity index is 1330. The summed E-state index contributed by atoms with van der Waals surface area (Å²) in [7, 11) is 1.50. The molecule has 4 rings (SSSR count). The number of methoxy groups -OCH3 is 1. The number of carbonyl (C=O) groups excluding carboxylic acids is 2. The molecular weight excluding hydrogens is 434 g/mol. The van der Waals surface area contributed by atoms with E-state index in [9.17, 15) is 24.6 Å². The number of aliphatic hydroxyl groups excluding tert-OH is 1. The van der Waals surface area contributed by atoms with Gasteiger partial charge in [-0.3, -0.25) is 14.5 Å². The molecule has 3 aromatic carbocycles. The first kappa shape index (κ1) is 22.5. The Kier molecular flexibility index (Phi) is 6.27. The molecule has 0 aromatic heterocycles. The second kappa shape index (κ2) is 9.46.